The van der Waals surface area contributed by atoms with Crippen molar-refractivity contribution in [2.45, 2.75) is 13.1 Å². The predicted octanol–water partition coefficient (Wildman–Crippen LogP) is 0.559. The summed E-state index contributed by atoms with van der Waals surface area (Å²) in [5, 5.41) is 9.01. The van der Waals surface area contributed by atoms with E-state index in [2.05, 4.69) is 0 Å². The minimum absolute atomic E-state index is 0.115. The van der Waals surface area contributed by atoms with Crippen molar-refractivity contribution in [3.05, 3.63) is 34.9 Å². The fourth-order valence-electron chi connectivity index (χ4n) is 2.81. The summed E-state index contributed by atoms with van der Waals surface area (Å²) in [4.78, 5) is 27.1. The number of carboxylic acids is 1. The summed E-state index contributed by atoms with van der Waals surface area (Å²) in [6, 6.07) is 5.17. The van der Waals surface area contributed by atoms with Gasteiger partial charge >= 0.3 is 5.97 Å². The summed E-state index contributed by atoms with van der Waals surface area (Å²) < 4.78 is 5.24. The number of fused-ring (bicyclic) bond motifs is 1. The topological polar surface area (TPSA) is 70.1 Å². The van der Waals surface area contributed by atoms with Crippen LogP contribution >= 0.6 is 0 Å². The second-order valence-corrected chi connectivity index (χ2v) is 5.43. The Balaban J connectivity index is 1.62. The van der Waals surface area contributed by atoms with Gasteiger partial charge in [0.1, 0.15) is 0 Å². The predicted molar refractivity (Wildman–Crippen MR) is 74.9 cm³/mol. The SMILES string of the molecule is O=C(O)c1ccc2c(c1)CN(CC(=O)N1CCOCC1)C2. The number of benzene rings is 1. The molecule has 2 aliphatic rings. The van der Waals surface area contributed by atoms with Gasteiger partial charge in [-0.25, -0.2) is 4.79 Å². The molecule has 112 valence electrons. The van der Waals surface area contributed by atoms with E-state index >= 15 is 0 Å². The van der Waals surface area contributed by atoms with Crippen LogP contribution in [0.25, 0.3) is 0 Å². The van der Waals surface area contributed by atoms with E-state index in [0.29, 0.717) is 51.5 Å². The molecule has 3 rings (SSSR count). The molecule has 0 aromatic heterocycles. The van der Waals surface area contributed by atoms with E-state index in [9.17, 15) is 9.59 Å². The lowest BCUT2D eigenvalue weighted by atomic mass is 10.1. The Kier molecular flexibility index (Phi) is 3.90. The molecule has 0 saturated carbocycles. The van der Waals surface area contributed by atoms with E-state index < -0.39 is 5.97 Å². The largest absolute Gasteiger partial charge is 0.478 e. The van der Waals surface area contributed by atoms with Crippen LogP contribution in [-0.4, -0.2) is 59.6 Å². The maximum Gasteiger partial charge on any atom is 0.335 e. The quantitative estimate of drug-likeness (QED) is 0.881. The van der Waals surface area contributed by atoms with Crippen molar-refractivity contribution < 1.29 is 19.4 Å². The lowest BCUT2D eigenvalue weighted by Gasteiger charge is -2.28. The molecular formula is C15H18N2O4. The Bertz CT molecular complexity index is 567. The van der Waals surface area contributed by atoms with Gasteiger partial charge in [0.25, 0.3) is 0 Å². The number of nitrogens with zero attached hydrogens (tertiary/aromatic N) is 2. The van der Waals surface area contributed by atoms with Crippen molar-refractivity contribution in [1.82, 2.24) is 9.80 Å². The van der Waals surface area contributed by atoms with E-state index in [1.54, 1.807) is 12.1 Å². The van der Waals surface area contributed by atoms with Crippen LogP contribution in [0, 0.1) is 0 Å². The summed E-state index contributed by atoms with van der Waals surface area (Å²) >= 11 is 0. The highest BCUT2D eigenvalue weighted by atomic mass is 16.5. The van der Waals surface area contributed by atoms with E-state index in [1.165, 1.54) is 0 Å². The van der Waals surface area contributed by atoms with Crippen LogP contribution in [0.2, 0.25) is 0 Å². The number of rotatable bonds is 3. The molecule has 2 aliphatic heterocycles. The molecule has 0 aliphatic carbocycles. The summed E-state index contributed by atoms with van der Waals surface area (Å²) in [7, 11) is 0. The van der Waals surface area contributed by atoms with Crippen LogP contribution in [0.1, 0.15) is 21.5 Å². The highest BCUT2D eigenvalue weighted by Crippen LogP contribution is 2.23. The zero-order valence-corrected chi connectivity index (χ0v) is 11.7. The van der Waals surface area contributed by atoms with Crippen LogP contribution in [0.4, 0.5) is 0 Å². The van der Waals surface area contributed by atoms with E-state index in [-0.39, 0.29) is 5.91 Å². The lowest BCUT2D eigenvalue weighted by Crippen LogP contribution is -2.44. The summed E-state index contributed by atoms with van der Waals surface area (Å²) in [5.74, 6) is -0.801. The number of amides is 1. The van der Waals surface area contributed by atoms with Crippen LogP contribution in [-0.2, 0) is 22.6 Å². The van der Waals surface area contributed by atoms with Crippen molar-refractivity contribution in [1.29, 1.82) is 0 Å². The van der Waals surface area contributed by atoms with Gasteiger partial charge in [-0.2, -0.15) is 0 Å². The third-order valence-corrected chi connectivity index (χ3v) is 3.96. The maximum atomic E-state index is 12.2. The number of morpholine rings is 1. The molecule has 2 heterocycles. The van der Waals surface area contributed by atoms with Crippen molar-refractivity contribution in [2.24, 2.45) is 0 Å². The number of carbonyl (C=O) groups excluding carboxylic acids is 1. The van der Waals surface area contributed by atoms with E-state index in [1.807, 2.05) is 15.9 Å². The number of aromatic carboxylic acids is 1. The summed E-state index contributed by atoms with van der Waals surface area (Å²) in [5.41, 5.74) is 2.41. The second-order valence-electron chi connectivity index (χ2n) is 5.43. The number of ether oxygens (including phenoxy) is 1. The number of carbonyl (C=O) groups is 2. The van der Waals surface area contributed by atoms with Crippen LogP contribution in [0.3, 0.4) is 0 Å². The molecule has 21 heavy (non-hydrogen) atoms. The minimum atomic E-state index is -0.916. The molecule has 0 spiro atoms. The highest BCUT2D eigenvalue weighted by molar-refractivity contribution is 5.88. The third kappa shape index (κ3) is 3.06. The van der Waals surface area contributed by atoms with Gasteiger partial charge in [-0.05, 0) is 23.3 Å². The molecule has 1 saturated heterocycles. The van der Waals surface area contributed by atoms with E-state index in [0.717, 1.165) is 11.1 Å². The fraction of sp³-hybridized carbons (Fsp3) is 0.467. The van der Waals surface area contributed by atoms with Gasteiger partial charge in [-0.1, -0.05) is 6.07 Å². The number of hydrogen-bond donors (Lipinski definition) is 1. The van der Waals surface area contributed by atoms with Crippen molar-refractivity contribution >= 4 is 11.9 Å². The standard InChI is InChI=1S/C15H18N2O4/c18-14(17-3-5-21-6-4-17)10-16-8-12-2-1-11(15(19)20)7-13(12)9-16/h1-2,7H,3-6,8-10H2,(H,19,20). The Labute approximate surface area is 122 Å². The molecule has 6 nitrogen and oxygen atoms in total. The minimum Gasteiger partial charge on any atom is -0.478 e. The normalized spacial score (nSPS) is 18.6. The van der Waals surface area contributed by atoms with Gasteiger partial charge in [-0.3, -0.25) is 9.69 Å². The van der Waals surface area contributed by atoms with Crippen LogP contribution in [0.5, 0.6) is 0 Å². The van der Waals surface area contributed by atoms with Crippen molar-refractivity contribution in [3.63, 3.8) is 0 Å². The molecule has 0 bridgehead atoms. The molecule has 1 aromatic rings. The molecular weight excluding hydrogens is 272 g/mol. The third-order valence-electron chi connectivity index (χ3n) is 3.96. The van der Waals surface area contributed by atoms with Crippen molar-refractivity contribution in [2.75, 3.05) is 32.8 Å². The van der Waals surface area contributed by atoms with Gasteiger partial charge < -0.3 is 14.7 Å². The zero-order chi connectivity index (χ0) is 14.8. The van der Waals surface area contributed by atoms with Gasteiger partial charge in [0.15, 0.2) is 0 Å². The molecule has 0 unspecified atom stereocenters. The molecule has 1 aromatic carbocycles. The first kappa shape index (κ1) is 14.0. The molecule has 0 radical (unpaired) electrons. The molecule has 1 N–H and O–H groups in total. The first-order valence-electron chi connectivity index (χ1n) is 7.06. The van der Waals surface area contributed by atoms with Gasteiger partial charge in [0.05, 0.1) is 25.3 Å². The summed E-state index contributed by atoms with van der Waals surface area (Å²) in [6.45, 7) is 4.22. The van der Waals surface area contributed by atoms with Gasteiger partial charge in [0.2, 0.25) is 5.91 Å². The smallest absolute Gasteiger partial charge is 0.335 e. The first-order valence-corrected chi connectivity index (χ1v) is 7.06. The van der Waals surface area contributed by atoms with Crippen LogP contribution in [0.15, 0.2) is 18.2 Å². The molecule has 1 amide bonds. The van der Waals surface area contributed by atoms with Crippen LogP contribution < -0.4 is 0 Å². The number of carboxylic acid groups (broad SMARTS) is 1. The molecule has 6 heteroatoms. The second kappa shape index (κ2) is 5.83. The zero-order valence-electron chi connectivity index (χ0n) is 11.7. The summed E-state index contributed by atoms with van der Waals surface area (Å²) in [6.07, 6.45) is 0. The Morgan fingerprint density at radius 1 is 1.14 bits per heavy atom. The Morgan fingerprint density at radius 2 is 1.86 bits per heavy atom. The lowest BCUT2D eigenvalue weighted by molar-refractivity contribution is -0.136. The van der Waals surface area contributed by atoms with Crippen molar-refractivity contribution in [3.8, 4) is 0 Å². The molecule has 0 atom stereocenters. The highest BCUT2D eigenvalue weighted by Gasteiger charge is 2.25. The maximum absolute atomic E-state index is 12.2. The van der Waals surface area contributed by atoms with Gasteiger partial charge in [0, 0.05) is 26.2 Å². The monoisotopic (exact) mass is 290 g/mol. The average molecular weight is 290 g/mol. The first-order chi connectivity index (χ1) is 10.1. The van der Waals surface area contributed by atoms with Gasteiger partial charge in [-0.15, -0.1) is 0 Å². The fourth-order valence-corrected chi connectivity index (χ4v) is 2.81. The Hall–Kier alpha value is -1.92. The Morgan fingerprint density at radius 3 is 2.57 bits per heavy atom. The van der Waals surface area contributed by atoms with E-state index in [4.69, 9.17) is 9.84 Å². The molecule has 1 fully saturated rings. The number of hydrogen-bond acceptors (Lipinski definition) is 4. The average Bonchev–Trinajstić information content (AvgIpc) is 2.89.